The van der Waals surface area contributed by atoms with Crippen LogP contribution in [-0.4, -0.2) is 54.3 Å². The standard InChI is InChI=1S/C26H36N2O3/c1-26(2,3)31-25(29)28-16-15-23(24(20-28)30-4)19-27(17-21-11-7-5-8-12-21)18-22-13-9-6-10-14-22/h5-14,23-24H,15-20H2,1-4H3/t23-,24+/m1/s1. The minimum absolute atomic E-state index is 0.00434. The van der Waals surface area contributed by atoms with Crippen molar-refractivity contribution in [1.82, 2.24) is 9.80 Å². The quantitative estimate of drug-likeness (QED) is 0.630. The van der Waals surface area contributed by atoms with Gasteiger partial charge in [0.2, 0.25) is 0 Å². The van der Waals surface area contributed by atoms with Crippen LogP contribution in [0.15, 0.2) is 60.7 Å². The minimum atomic E-state index is -0.487. The normalized spacial score (nSPS) is 19.5. The van der Waals surface area contributed by atoms with Crippen LogP contribution in [0.1, 0.15) is 38.3 Å². The summed E-state index contributed by atoms with van der Waals surface area (Å²) in [4.78, 5) is 16.8. The van der Waals surface area contributed by atoms with Crippen molar-refractivity contribution in [1.29, 1.82) is 0 Å². The van der Waals surface area contributed by atoms with Crippen LogP contribution in [0.4, 0.5) is 4.79 Å². The number of carbonyl (C=O) groups excluding carboxylic acids is 1. The van der Waals surface area contributed by atoms with Crippen molar-refractivity contribution in [2.75, 3.05) is 26.7 Å². The molecule has 1 fully saturated rings. The zero-order valence-electron chi connectivity index (χ0n) is 19.3. The van der Waals surface area contributed by atoms with E-state index in [4.69, 9.17) is 9.47 Å². The van der Waals surface area contributed by atoms with E-state index in [9.17, 15) is 4.79 Å². The molecule has 3 rings (SSSR count). The number of rotatable bonds is 7. The van der Waals surface area contributed by atoms with E-state index in [2.05, 4.69) is 65.6 Å². The van der Waals surface area contributed by atoms with Crippen LogP contribution < -0.4 is 0 Å². The Hall–Kier alpha value is -2.37. The number of hydrogen-bond donors (Lipinski definition) is 0. The first-order chi connectivity index (χ1) is 14.8. The Morgan fingerprint density at radius 1 is 1.00 bits per heavy atom. The second-order valence-electron chi connectivity index (χ2n) is 9.39. The van der Waals surface area contributed by atoms with Gasteiger partial charge in [-0.2, -0.15) is 0 Å². The van der Waals surface area contributed by atoms with Gasteiger partial charge in [0.05, 0.1) is 12.6 Å². The summed E-state index contributed by atoms with van der Waals surface area (Å²) in [5.41, 5.74) is 2.12. The molecular weight excluding hydrogens is 388 g/mol. The van der Waals surface area contributed by atoms with Crippen molar-refractivity contribution >= 4 is 6.09 Å². The molecule has 0 unspecified atom stereocenters. The van der Waals surface area contributed by atoms with E-state index in [0.29, 0.717) is 19.0 Å². The van der Waals surface area contributed by atoms with Gasteiger partial charge < -0.3 is 14.4 Å². The average Bonchev–Trinajstić information content (AvgIpc) is 2.74. The van der Waals surface area contributed by atoms with Gasteiger partial charge in [0.15, 0.2) is 0 Å². The number of ether oxygens (including phenoxy) is 2. The minimum Gasteiger partial charge on any atom is -0.444 e. The maximum Gasteiger partial charge on any atom is 0.410 e. The molecule has 0 aliphatic carbocycles. The Kier molecular flexibility index (Phi) is 8.10. The molecular formula is C26H36N2O3. The van der Waals surface area contributed by atoms with Crippen LogP contribution in [0.5, 0.6) is 0 Å². The second-order valence-corrected chi connectivity index (χ2v) is 9.39. The summed E-state index contributed by atoms with van der Waals surface area (Å²) < 4.78 is 11.4. The summed E-state index contributed by atoms with van der Waals surface area (Å²) in [6.07, 6.45) is 0.645. The highest BCUT2D eigenvalue weighted by Gasteiger charge is 2.34. The predicted molar refractivity (Wildman–Crippen MR) is 124 cm³/mol. The zero-order valence-corrected chi connectivity index (χ0v) is 19.3. The van der Waals surface area contributed by atoms with Crippen LogP contribution in [0.25, 0.3) is 0 Å². The van der Waals surface area contributed by atoms with E-state index in [-0.39, 0.29) is 12.2 Å². The van der Waals surface area contributed by atoms with Gasteiger partial charge in [-0.3, -0.25) is 4.90 Å². The molecule has 5 heteroatoms. The fourth-order valence-corrected chi connectivity index (χ4v) is 4.13. The lowest BCUT2D eigenvalue weighted by Gasteiger charge is -2.40. The number of piperidine rings is 1. The first-order valence-electron chi connectivity index (χ1n) is 11.1. The molecule has 1 saturated heterocycles. The molecule has 1 heterocycles. The fourth-order valence-electron chi connectivity index (χ4n) is 4.13. The van der Waals surface area contributed by atoms with E-state index in [1.54, 1.807) is 12.0 Å². The maximum absolute atomic E-state index is 12.5. The maximum atomic E-state index is 12.5. The number of carbonyl (C=O) groups is 1. The monoisotopic (exact) mass is 424 g/mol. The molecule has 0 N–H and O–H groups in total. The highest BCUT2D eigenvalue weighted by Crippen LogP contribution is 2.24. The lowest BCUT2D eigenvalue weighted by molar-refractivity contribution is -0.0368. The van der Waals surface area contributed by atoms with Gasteiger partial charge in [-0.1, -0.05) is 60.7 Å². The van der Waals surface area contributed by atoms with Crippen LogP contribution in [0.3, 0.4) is 0 Å². The Labute approximate surface area is 187 Å². The molecule has 1 amide bonds. The molecule has 1 aliphatic heterocycles. The Morgan fingerprint density at radius 3 is 2.03 bits per heavy atom. The van der Waals surface area contributed by atoms with Gasteiger partial charge in [0, 0.05) is 39.2 Å². The van der Waals surface area contributed by atoms with Gasteiger partial charge in [-0.15, -0.1) is 0 Å². The third-order valence-electron chi connectivity index (χ3n) is 5.64. The van der Waals surface area contributed by atoms with Crippen molar-refractivity contribution < 1.29 is 14.3 Å². The summed E-state index contributed by atoms with van der Waals surface area (Å²) in [5.74, 6) is 0.358. The third-order valence-corrected chi connectivity index (χ3v) is 5.64. The Bertz CT molecular complexity index is 763. The number of methoxy groups -OCH3 is 1. The van der Waals surface area contributed by atoms with Crippen LogP contribution >= 0.6 is 0 Å². The summed E-state index contributed by atoms with van der Waals surface area (Å²) in [7, 11) is 1.75. The molecule has 31 heavy (non-hydrogen) atoms. The Balaban J connectivity index is 1.67. The fraction of sp³-hybridized carbons (Fsp3) is 0.500. The smallest absolute Gasteiger partial charge is 0.410 e. The van der Waals surface area contributed by atoms with E-state index in [0.717, 1.165) is 26.1 Å². The van der Waals surface area contributed by atoms with Crippen molar-refractivity contribution in [2.24, 2.45) is 5.92 Å². The molecule has 5 nitrogen and oxygen atoms in total. The molecule has 0 bridgehead atoms. The van der Waals surface area contributed by atoms with Crippen LogP contribution in [0, 0.1) is 5.92 Å². The highest BCUT2D eigenvalue weighted by molar-refractivity contribution is 5.68. The number of nitrogens with zero attached hydrogens (tertiary/aromatic N) is 2. The second kappa shape index (κ2) is 10.8. The summed E-state index contributed by atoms with van der Waals surface area (Å²) in [6.45, 7) is 9.66. The summed E-state index contributed by atoms with van der Waals surface area (Å²) >= 11 is 0. The molecule has 0 saturated carbocycles. The topological polar surface area (TPSA) is 42.0 Å². The van der Waals surface area contributed by atoms with Gasteiger partial charge in [-0.05, 0) is 38.3 Å². The molecule has 0 radical (unpaired) electrons. The summed E-state index contributed by atoms with van der Waals surface area (Å²) in [5, 5.41) is 0. The zero-order chi connectivity index (χ0) is 22.3. The predicted octanol–water partition coefficient (Wildman–Crippen LogP) is 4.96. The van der Waals surface area contributed by atoms with Gasteiger partial charge in [0.25, 0.3) is 0 Å². The number of hydrogen-bond acceptors (Lipinski definition) is 4. The average molecular weight is 425 g/mol. The SMILES string of the molecule is CO[C@H]1CN(C(=O)OC(C)(C)C)CC[C@@H]1CN(Cc1ccccc1)Cc1ccccc1. The van der Waals surface area contributed by atoms with Crippen LogP contribution in [-0.2, 0) is 22.6 Å². The molecule has 2 atom stereocenters. The van der Waals surface area contributed by atoms with Gasteiger partial charge in [0.1, 0.15) is 5.60 Å². The lowest BCUT2D eigenvalue weighted by Crippen LogP contribution is -2.51. The molecule has 0 aromatic heterocycles. The largest absolute Gasteiger partial charge is 0.444 e. The van der Waals surface area contributed by atoms with E-state index in [1.165, 1.54) is 11.1 Å². The molecule has 2 aromatic carbocycles. The van der Waals surface area contributed by atoms with E-state index < -0.39 is 5.60 Å². The van der Waals surface area contributed by atoms with Crippen molar-refractivity contribution in [3.05, 3.63) is 71.8 Å². The molecule has 1 aliphatic rings. The lowest BCUT2D eigenvalue weighted by atomic mass is 9.92. The number of amides is 1. The van der Waals surface area contributed by atoms with Crippen molar-refractivity contribution in [3.63, 3.8) is 0 Å². The van der Waals surface area contributed by atoms with Crippen molar-refractivity contribution in [2.45, 2.75) is 52.0 Å². The molecule has 168 valence electrons. The van der Waals surface area contributed by atoms with Crippen LogP contribution in [0.2, 0.25) is 0 Å². The van der Waals surface area contributed by atoms with E-state index in [1.807, 2.05) is 20.8 Å². The first kappa shape index (κ1) is 23.3. The number of benzene rings is 2. The van der Waals surface area contributed by atoms with Crippen molar-refractivity contribution in [3.8, 4) is 0 Å². The molecule has 2 aromatic rings. The van der Waals surface area contributed by atoms with Gasteiger partial charge >= 0.3 is 6.09 Å². The Morgan fingerprint density at radius 2 is 1.55 bits per heavy atom. The third kappa shape index (κ3) is 7.37. The first-order valence-corrected chi connectivity index (χ1v) is 11.1. The molecule has 0 spiro atoms. The highest BCUT2D eigenvalue weighted by atomic mass is 16.6. The van der Waals surface area contributed by atoms with Gasteiger partial charge in [-0.25, -0.2) is 4.79 Å². The number of likely N-dealkylation sites (tertiary alicyclic amines) is 1. The summed E-state index contributed by atoms with van der Waals surface area (Å²) in [6, 6.07) is 21.2. The van der Waals surface area contributed by atoms with E-state index >= 15 is 0 Å².